The van der Waals surface area contributed by atoms with Crippen molar-refractivity contribution in [1.29, 1.82) is 0 Å². The largest absolute Gasteiger partial charge is 0.349 e. The van der Waals surface area contributed by atoms with Gasteiger partial charge in [0.25, 0.3) is 18.2 Å². The van der Waals surface area contributed by atoms with Gasteiger partial charge in [-0.15, -0.1) is 0 Å². The number of aryl methyl sites for hydroxylation is 1. The monoisotopic (exact) mass is 828 g/mol. The fraction of sp³-hybridized carbons (Fsp3) is 0.256. The van der Waals surface area contributed by atoms with Crippen molar-refractivity contribution in [2.24, 2.45) is 0 Å². The number of nitrogens with one attached hydrogen (secondary N) is 2. The molecule has 0 aliphatic heterocycles. The molecule has 14 nitrogen and oxygen atoms in total. The van der Waals surface area contributed by atoms with Crippen LogP contribution in [-0.4, -0.2) is 67.3 Å². The Hall–Kier alpha value is -6.81. The second kappa shape index (κ2) is 17.6. The predicted molar refractivity (Wildman–Crippen MR) is 219 cm³/mol. The number of carbonyl (C=O) groups excluding carboxylic acids is 2. The number of halogens is 3. The Morgan fingerprint density at radius 3 is 2.02 bits per heavy atom. The van der Waals surface area contributed by atoms with Gasteiger partial charge in [0.05, 0.1) is 45.7 Å². The van der Waals surface area contributed by atoms with Crippen LogP contribution in [0.1, 0.15) is 101 Å². The molecule has 0 saturated heterocycles. The van der Waals surface area contributed by atoms with Crippen LogP contribution in [0, 0.1) is 6.92 Å². The molecule has 5 aromatic heterocycles. The Labute approximate surface area is 348 Å². The Balaban J connectivity index is 0.000000167. The van der Waals surface area contributed by atoms with Gasteiger partial charge in [0, 0.05) is 59.0 Å². The average molecular weight is 829 g/mol. The van der Waals surface area contributed by atoms with Gasteiger partial charge < -0.3 is 10.6 Å². The van der Waals surface area contributed by atoms with Crippen LogP contribution in [-0.2, 0) is 0 Å². The van der Waals surface area contributed by atoms with Crippen molar-refractivity contribution in [3.8, 4) is 33.9 Å². The second-order valence-electron chi connectivity index (χ2n) is 14.7. The highest BCUT2D eigenvalue weighted by Gasteiger charge is 2.27. The van der Waals surface area contributed by atoms with Crippen LogP contribution in [0.3, 0.4) is 0 Å². The van der Waals surface area contributed by atoms with Crippen molar-refractivity contribution in [2.75, 3.05) is 0 Å². The molecule has 2 amide bonds. The average Bonchev–Trinajstić information content (AvgIpc) is 3.68. The molecule has 2 aromatic carbocycles. The number of aromatic nitrogens is 10. The first-order valence-electron chi connectivity index (χ1n) is 19.4. The molecular formula is C43H39ClF2N12O2. The van der Waals surface area contributed by atoms with Gasteiger partial charge in [-0.05, 0) is 99.7 Å². The summed E-state index contributed by atoms with van der Waals surface area (Å²) >= 11 is 5.92. The lowest BCUT2D eigenvalue weighted by atomic mass is 9.85. The first-order chi connectivity index (χ1) is 29.1. The summed E-state index contributed by atoms with van der Waals surface area (Å²) in [5.41, 5.74) is 6.43. The van der Waals surface area contributed by atoms with Crippen molar-refractivity contribution in [3.63, 3.8) is 0 Å². The van der Waals surface area contributed by atoms with E-state index in [9.17, 15) is 18.4 Å². The van der Waals surface area contributed by atoms with Gasteiger partial charge in [0.15, 0.2) is 5.82 Å². The number of benzene rings is 2. The molecule has 2 N–H and O–H groups in total. The van der Waals surface area contributed by atoms with Crippen LogP contribution >= 0.6 is 11.6 Å². The molecule has 2 fully saturated rings. The number of carbonyl (C=O) groups is 2. The molecule has 1 unspecified atom stereocenters. The quantitative estimate of drug-likeness (QED) is 0.130. The standard InChI is InChI=1S/C22H23N5O.C21H16ClF2N7O/c1-14-5-8-20(23-12-14)16-9-17(22(28)26-18-6-7-18)11-19(10-16)27-21(24-13-25-27)15-3-2-4-15;1-12(18-10-25-4-5-26-18)30-21(32)14-6-13(17-3-2-15(22)9-27-17)7-16(8-14)31-20(19(23)24)28-11-29-31/h5,8-13,15,18H,2-4,6-7H2,1H3,(H,26,28);2-12,19H,1H3,(H,30,32). The fourth-order valence-electron chi connectivity index (χ4n) is 6.59. The highest BCUT2D eigenvalue weighted by molar-refractivity contribution is 6.30. The molecule has 304 valence electrons. The van der Waals surface area contributed by atoms with Crippen molar-refractivity contribution in [2.45, 2.75) is 70.4 Å². The Bertz CT molecular complexity index is 2610. The molecule has 1 atom stereocenters. The Morgan fingerprint density at radius 1 is 0.750 bits per heavy atom. The van der Waals surface area contributed by atoms with E-state index in [0.29, 0.717) is 39.5 Å². The second-order valence-corrected chi connectivity index (χ2v) is 15.1. The SMILES string of the molecule is CC(NC(=O)c1cc(-c2ccc(Cl)cn2)cc(-n2ncnc2C(F)F)c1)c1cnccn1.Cc1ccc(-c2cc(C(=O)NC3CC3)cc(-n3ncnc3C3CCC3)c2)nc1. The predicted octanol–water partition coefficient (Wildman–Crippen LogP) is 8.00. The molecule has 2 saturated carbocycles. The lowest BCUT2D eigenvalue weighted by molar-refractivity contribution is 0.0934. The summed E-state index contributed by atoms with van der Waals surface area (Å²) in [6.45, 7) is 3.78. The first kappa shape index (κ1) is 40.0. The summed E-state index contributed by atoms with van der Waals surface area (Å²) in [4.78, 5) is 50.9. The number of hydrogen-bond acceptors (Lipinski definition) is 10. The van der Waals surface area contributed by atoms with Gasteiger partial charge >= 0.3 is 0 Å². The molecule has 2 aliphatic rings. The number of amides is 2. The molecule has 9 rings (SSSR count). The van der Waals surface area contributed by atoms with Gasteiger partial charge in [-0.2, -0.15) is 10.2 Å². The van der Waals surface area contributed by atoms with Crippen molar-refractivity contribution < 1.29 is 18.4 Å². The van der Waals surface area contributed by atoms with E-state index >= 15 is 0 Å². The zero-order chi connectivity index (χ0) is 41.8. The van der Waals surface area contributed by atoms with Crippen molar-refractivity contribution >= 4 is 23.4 Å². The maximum atomic E-state index is 13.4. The van der Waals surface area contributed by atoms with Gasteiger partial charge in [-0.25, -0.2) is 28.1 Å². The molecule has 0 bridgehead atoms. The van der Waals surface area contributed by atoms with Crippen LogP contribution in [0.4, 0.5) is 8.78 Å². The van der Waals surface area contributed by atoms with E-state index < -0.39 is 24.2 Å². The van der Waals surface area contributed by atoms with Crippen molar-refractivity contribution in [1.82, 2.24) is 60.1 Å². The molecule has 5 heterocycles. The van der Waals surface area contributed by atoms with E-state index in [1.807, 2.05) is 48.1 Å². The molecular weight excluding hydrogens is 790 g/mol. The topological polar surface area (TPSA) is 171 Å². The maximum Gasteiger partial charge on any atom is 0.297 e. The number of nitrogens with zero attached hydrogens (tertiary/aromatic N) is 10. The number of pyridine rings is 2. The molecule has 0 radical (unpaired) electrons. The van der Waals surface area contributed by atoms with E-state index in [2.05, 4.69) is 50.7 Å². The molecule has 2 aliphatic carbocycles. The van der Waals surface area contributed by atoms with Crippen molar-refractivity contribution in [3.05, 3.63) is 143 Å². The summed E-state index contributed by atoms with van der Waals surface area (Å²) in [5, 5.41) is 14.7. The van der Waals surface area contributed by atoms with Crippen LogP contribution in [0.5, 0.6) is 0 Å². The molecule has 7 aromatic rings. The summed E-state index contributed by atoms with van der Waals surface area (Å²) in [7, 11) is 0. The van der Waals surface area contributed by atoms with E-state index in [0.717, 1.165) is 65.0 Å². The zero-order valence-corrected chi connectivity index (χ0v) is 33.3. The third-order valence-corrected chi connectivity index (χ3v) is 10.4. The maximum absolute atomic E-state index is 13.4. The summed E-state index contributed by atoms with van der Waals surface area (Å²) in [6, 6.07) is 17.8. The van der Waals surface area contributed by atoms with Gasteiger partial charge in [0.2, 0.25) is 0 Å². The smallest absolute Gasteiger partial charge is 0.297 e. The van der Waals surface area contributed by atoms with Gasteiger partial charge in [-0.3, -0.25) is 29.5 Å². The van der Waals surface area contributed by atoms with Crippen LogP contribution < -0.4 is 10.6 Å². The third-order valence-electron chi connectivity index (χ3n) is 10.2. The number of alkyl halides is 2. The van der Waals surface area contributed by atoms with E-state index in [4.69, 9.17) is 11.6 Å². The fourth-order valence-corrected chi connectivity index (χ4v) is 6.70. The first-order valence-corrected chi connectivity index (χ1v) is 19.8. The van der Waals surface area contributed by atoms with Gasteiger partial charge in [0.1, 0.15) is 18.5 Å². The highest BCUT2D eigenvalue weighted by atomic mass is 35.5. The summed E-state index contributed by atoms with van der Waals surface area (Å²) < 4.78 is 29.7. The van der Waals surface area contributed by atoms with Crippen LogP contribution in [0.15, 0.2) is 104 Å². The Kier molecular flexibility index (Phi) is 11.7. The normalized spacial score (nSPS) is 14.2. The molecule has 0 spiro atoms. The van der Waals surface area contributed by atoms with Crippen LogP contribution in [0.2, 0.25) is 5.02 Å². The lowest BCUT2D eigenvalue weighted by Crippen LogP contribution is -2.27. The summed E-state index contributed by atoms with van der Waals surface area (Å²) in [5.74, 6) is 0.425. The minimum atomic E-state index is -2.84. The summed E-state index contributed by atoms with van der Waals surface area (Å²) in [6.07, 6.45) is 13.4. The lowest BCUT2D eigenvalue weighted by Gasteiger charge is -2.24. The van der Waals surface area contributed by atoms with E-state index in [1.165, 1.54) is 31.1 Å². The third kappa shape index (κ3) is 9.23. The minimum absolute atomic E-state index is 0.0389. The minimum Gasteiger partial charge on any atom is -0.349 e. The van der Waals surface area contributed by atoms with E-state index in [-0.39, 0.29) is 17.2 Å². The van der Waals surface area contributed by atoms with Crippen LogP contribution in [0.25, 0.3) is 33.9 Å². The van der Waals surface area contributed by atoms with E-state index in [1.54, 1.807) is 43.7 Å². The highest BCUT2D eigenvalue weighted by Crippen LogP contribution is 2.36. The Morgan fingerprint density at radius 2 is 1.42 bits per heavy atom. The number of hydrogen-bond donors (Lipinski definition) is 2. The zero-order valence-electron chi connectivity index (χ0n) is 32.6. The number of rotatable bonds is 11. The molecule has 60 heavy (non-hydrogen) atoms. The molecule has 17 heteroatoms. The van der Waals surface area contributed by atoms with Gasteiger partial charge in [-0.1, -0.05) is 24.1 Å².